The number of nitrogens with one attached hydrogen (secondary N) is 1. The van der Waals surface area contributed by atoms with Crippen LogP contribution >= 0.6 is 23.6 Å². The van der Waals surface area contributed by atoms with Gasteiger partial charge in [0.25, 0.3) is 5.91 Å². The zero-order valence-electron chi connectivity index (χ0n) is 17.1. The third kappa shape index (κ3) is 4.00. The molecule has 2 aliphatic heterocycles. The summed E-state index contributed by atoms with van der Waals surface area (Å²) in [5, 5.41) is 8.99. The van der Waals surface area contributed by atoms with Crippen LogP contribution in [0.4, 0.5) is 0 Å². The van der Waals surface area contributed by atoms with Gasteiger partial charge in [0.1, 0.15) is 13.2 Å². The fourth-order valence-corrected chi connectivity index (χ4v) is 4.73. The molecule has 2 aliphatic rings. The predicted octanol–water partition coefficient (Wildman–Crippen LogP) is 2.18. The van der Waals surface area contributed by atoms with E-state index in [4.69, 9.17) is 21.7 Å². The Hall–Kier alpha value is -3.18. The van der Waals surface area contributed by atoms with Crippen LogP contribution in [-0.4, -0.2) is 75.3 Å². The monoisotopic (exact) mass is 471 g/mol. The molecule has 0 aliphatic carbocycles. The van der Waals surface area contributed by atoms with Crippen LogP contribution in [0.3, 0.4) is 0 Å². The van der Waals surface area contributed by atoms with E-state index in [9.17, 15) is 9.59 Å². The van der Waals surface area contributed by atoms with Gasteiger partial charge in [-0.15, -0.1) is 11.3 Å². The van der Waals surface area contributed by atoms with Crippen molar-refractivity contribution < 1.29 is 19.1 Å². The number of fused-ring (bicyclic) bond motifs is 1. The highest BCUT2D eigenvalue weighted by molar-refractivity contribution is 7.71. The fourth-order valence-electron chi connectivity index (χ4n) is 3.81. The molecule has 4 heterocycles. The first-order valence-electron chi connectivity index (χ1n) is 10.2. The van der Waals surface area contributed by atoms with E-state index in [1.807, 2.05) is 35.7 Å². The first kappa shape index (κ1) is 20.7. The van der Waals surface area contributed by atoms with Crippen molar-refractivity contribution in [1.29, 1.82) is 0 Å². The molecule has 0 bridgehead atoms. The van der Waals surface area contributed by atoms with Gasteiger partial charge in [-0.2, -0.15) is 5.10 Å². The van der Waals surface area contributed by atoms with E-state index in [-0.39, 0.29) is 25.0 Å². The van der Waals surface area contributed by atoms with Crippen molar-refractivity contribution in [1.82, 2.24) is 24.6 Å². The number of para-hydroxylation sites is 2. The minimum atomic E-state index is -0.676. The van der Waals surface area contributed by atoms with Crippen molar-refractivity contribution in [2.24, 2.45) is 0 Å². The second-order valence-electron chi connectivity index (χ2n) is 7.49. The number of ether oxygens (including phenoxy) is 2. The molecule has 3 aromatic rings. The van der Waals surface area contributed by atoms with Crippen LogP contribution in [0.25, 0.3) is 10.7 Å². The lowest BCUT2D eigenvalue weighted by Gasteiger charge is -2.37. The van der Waals surface area contributed by atoms with E-state index in [1.165, 1.54) is 11.3 Å². The highest BCUT2D eigenvalue weighted by atomic mass is 32.1. The van der Waals surface area contributed by atoms with Gasteiger partial charge in [0.05, 0.1) is 4.88 Å². The average Bonchev–Trinajstić information content (AvgIpc) is 3.48. The third-order valence-electron chi connectivity index (χ3n) is 5.52. The fraction of sp³-hybridized carbons (Fsp3) is 0.333. The van der Waals surface area contributed by atoms with Gasteiger partial charge in [-0.05, 0) is 35.8 Å². The molecule has 0 unspecified atom stereocenters. The molecule has 2 amide bonds. The van der Waals surface area contributed by atoms with Crippen LogP contribution in [0.5, 0.6) is 11.5 Å². The molecular weight excluding hydrogens is 450 g/mol. The molecule has 166 valence electrons. The molecule has 1 N–H and O–H groups in total. The van der Waals surface area contributed by atoms with Crippen molar-refractivity contribution in [2.75, 3.05) is 32.8 Å². The Balaban J connectivity index is 1.19. The molecule has 32 heavy (non-hydrogen) atoms. The van der Waals surface area contributed by atoms with E-state index in [1.54, 1.807) is 20.4 Å². The maximum Gasteiger partial charge on any atom is 0.267 e. The zero-order valence-corrected chi connectivity index (χ0v) is 18.7. The second kappa shape index (κ2) is 8.75. The minimum absolute atomic E-state index is 0.0569. The lowest BCUT2D eigenvalue weighted by atomic mass is 10.2. The number of hydrogen-bond acceptors (Lipinski definition) is 7. The number of nitrogens with zero attached hydrogens (tertiary/aromatic N) is 4. The van der Waals surface area contributed by atoms with Gasteiger partial charge in [0, 0.05) is 26.2 Å². The Bertz CT molecular complexity index is 1180. The topological polar surface area (TPSA) is 92.7 Å². The molecule has 9 nitrogen and oxygen atoms in total. The molecule has 1 aromatic carbocycles. The molecular formula is C21H21N5O4S2. The van der Waals surface area contributed by atoms with E-state index in [2.05, 4.69) is 10.2 Å². The number of benzene rings is 1. The lowest BCUT2D eigenvalue weighted by molar-refractivity contribution is -0.146. The summed E-state index contributed by atoms with van der Waals surface area (Å²) in [5.74, 6) is 1.69. The number of carbonyl (C=O) groups excluding carboxylic acids is 2. The molecule has 5 rings (SSSR count). The smallest absolute Gasteiger partial charge is 0.267 e. The molecule has 1 fully saturated rings. The Kier molecular flexibility index (Phi) is 5.66. The van der Waals surface area contributed by atoms with Gasteiger partial charge in [-0.1, -0.05) is 18.2 Å². The Labute approximate surface area is 193 Å². The predicted molar refractivity (Wildman–Crippen MR) is 120 cm³/mol. The van der Waals surface area contributed by atoms with Gasteiger partial charge in [0.2, 0.25) is 12.0 Å². The summed E-state index contributed by atoms with van der Waals surface area (Å²) in [4.78, 5) is 30.3. The minimum Gasteiger partial charge on any atom is -0.485 e. The Morgan fingerprint density at radius 2 is 1.84 bits per heavy atom. The first-order valence-corrected chi connectivity index (χ1v) is 11.5. The van der Waals surface area contributed by atoms with Gasteiger partial charge >= 0.3 is 0 Å². The van der Waals surface area contributed by atoms with Crippen molar-refractivity contribution >= 4 is 35.4 Å². The number of carbonyl (C=O) groups is 2. The summed E-state index contributed by atoms with van der Waals surface area (Å²) in [6.07, 6.45) is -0.676. The molecule has 0 saturated carbocycles. The summed E-state index contributed by atoms with van der Waals surface area (Å²) in [6, 6.07) is 11.2. The molecule has 11 heteroatoms. The van der Waals surface area contributed by atoms with Gasteiger partial charge in [-0.25, -0.2) is 0 Å². The number of piperazine rings is 1. The van der Waals surface area contributed by atoms with Crippen molar-refractivity contribution in [3.8, 4) is 22.2 Å². The first-order chi connectivity index (χ1) is 15.6. The van der Waals surface area contributed by atoms with Crippen LogP contribution in [0.15, 0.2) is 41.8 Å². The van der Waals surface area contributed by atoms with Gasteiger partial charge in [0.15, 0.2) is 22.1 Å². The van der Waals surface area contributed by atoms with Gasteiger partial charge in [-0.3, -0.25) is 19.3 Å². The summed E-state index contributed by atoms with van der Waals surface area (Å²) in [5.41, 5.74) is 0. The van der Waals surface area contributed by atoms with E-state index >= 15 is 0 Å². The van der Waals surface area contributed by atoms with Crippen molar-refractivity contribution in [2.45, 2.75) is 12.6 Å². The summed E-state index contributed by atoms with van der Waals surface area (Å²) >= 11 is 6.86. The van der Waals surface area contributed by atoms with Crippen molar-refractivity contribution in [3.05, 3.63) is 46.5 Å². The Morgan fingerprint density at radius 3 is 2.59 bits per heavy atom. The molecule has 0 radical (unpaired) electrons. The van der Waals surface area contributed by atoms with Crippen molar-refractivity contribution in [3.63, 3.8) is 0 Å². The second-order valence-corrected chi connectivity index (χ2v) is 8.82. The van der Waals surface area contributed by atoms with Crippen LogP contribution in [0, 0.1) is 4.77 Å². The number of aromatic amines is 1. The maximum absolute atomic E-state index is 12.9. The largest absolute Gasteiger partial charge is 0.485 e. The number of rotatable bonds is 4. The normalized spacial score (nSPS) is 17.9. The number of amides is 2. The van der Waals surface area contributed by atoms with E-state index in [0.29, 0.717) is 48.3 Å². The standard InChI is InChI=1S/C21H21N5O4S2/c27-18(12-26-19(22-23-21(26)31)17-6-3-11-32-17)24-7-9-25(10-8-24)20(28)16-13-29-14-4-1-2-5-15(14)30-16/h1-6,11,16H,7-10,12-13H2,(H,23,31)/t16-/m1/s1. The third-order valence-corrected chi connectivity index (χ3v) is 6.70. The quantitative estimate of drug-likeness (QED) is 0.587. The summed E-state index contributed by atoms with van der Waals surface area (Å²) in [6.45, 7) is 2.08. The average molecular weight is 472 g/mol. The number of H-pyrrole nitrogens is 1. The number of hydrogen-bond donors (Lipinski definition) is 1. The SMILES string of the molecule is O=C(Cn1c(-c2cccs2)n[nH]c1=S)N1CCN(C(=O)[C@H]2COc3ccccc3O2)CC1. The van der Waals surface area contributed by atoms with Crippen LogP contribution in [0.2, 0.25) is 0 Å². The Morgan fingerprint density at radius 1 is 1.09 bits per heavy atom. The summed E-state index contributed by atoms with van der Waals surface area (Å²) < 4.78 is 13.6. The molecule has 1 saturated heterocycles. The number of thiophene rings is 1. The number of aromatic nitrogens is 3. The maximum atomic E-state index is 12.9. The van der Waals surface area contributed by atoms with Crippen LogP contribution in [-0.2, 0) is 16.1 Å². The molecule has 1 atom stereocenters. The molecule has 2 aromatic heterocycles. The summed E-state index contributed by atoms with van der Waals surface area (Å²) in [7, 11) is 0. The van der Waals surface area contributed by atoms with Crippen LogP contribution in [0.1, 0.15) is 0 Å². The molecule has 0 spiro atoms. The zero-order chi connectivity index (χ0) is 22.1. The van der Waals surface area contributed by atoms with E-state index in [0.717, 1.165) is 4.88 Å². The van der Waals surface area contributed by atoms with Gasteiger partial charge < -0.3 is 19.3 Å². The highest BCUT2D eigenvalue weighted by Crippen LogP contribution is 2.31. The highest BCUT2D eigenvalue weighted by Gasteiger charge is 2.33. The lowest BCUT2D eigenvalue weighted by Crippen LogP contribution is -2.55. The van der Waals surface area contributed by atoms with E-state index < -0.39 is 6.10 Å². The van der Waals surface area contributed by atoms with Crippen LogP contribution < -0.4 is 9.47 Å².